The molecule has 1 aliphatic carbocycles. The Morgan fingerprint density at radius 3 is 1.79 bits per heavy atom. The second-order valence-electron chi connectivity index (χ2n) is 10.5. The van der Waals surface area contributed by atoms with Crippen molar-refractivity contribution in [2.75, 3.05) is 0 Å². The molecule has 3 heteroatoms. The van der Waals surface area contributed by atoms with Crippen molar-refractivity contribution in [2.24, 2.45) is 0 Å². The van der Waals surface area contributed by atoms with E-state index in [1.807, 2.05) is 0 Å². The first-order valence-corrected chi connectivity index (χ1v) is 16.1. The summed E-state index contributed by atoms with van der Waals surface area (Å²) in [6.45, 7) is 25.0. The van der Waals surface area contributed by atoms with Gasteiger partial charge in [-0.05, 0) is 0 Å². The molecule has 0 aliphatic heterocycles. The van der Waals surface area contributed by atoms with Crippen molar-refractivity contribution >= 4 is 21.3 Å². The molecule has 1 atom stereocenters. The summed E-state index contributed by atoms with van der Waals surface area (Å²) in [4.78, 5) is 0. The van der Waals surface area contributed by atoms with Gasteiger partial charge in [-0.1, -0.05) is 0 Å². The number of rotatable bonds is 2. The summed E-state index contributed by atoms with van der Waals surface area (Å²) in [6, 6.07) is 9.29. The molecule has 0 fully saturated rings. The number of hydrogen-bond acceptors (Lipinski definition) is 0. The fourth-order valence-electron chi connectivity index (χ4n) is 3.46. The Bertz CT molecular complexity index is 670. The maximum atomic E-state index is 2.96. The first-order chi connectivity index (χ1) is 10.6. The zero-order valence-corrected chi connectivity index (χ0v) is 21.1. The fraction of sp³-hybridized carbons (Fsp3) is 0.619. The van der Waals surface area contributed by atoms with Gasteiger partial charge < -0.3 is 0 Å². The standard InChI is InChI=1S/C21H35Si2.Ho/c1-20(2,3)22(7,8)18-15-19(23(9,10)21(4,5)6)17-14-12-11-13-16(17)18;/h11-14,18H,1-10H3;. The number of allylic oxidation sites excluding steroid dienone is 1. The zero-order valence-electron chi connectivity index (χ0n) is 17.2. The van der Waals surface area contributed by atoms with Gasteiger partial charge in [0.15, 0.2) is 0 Å². The van der Waals surface area contributed by atoms with E-state index in [-0.39, 0.29) is 0 Å². The third-order valence-corrected chi connectivity index (χ3v) is 20.6. The molecule has 0 N–H and O–H groups in total. The van der Waals surface area contributed by atoms with Crippen LogP contribution in [0.15, 0.2) is 25.9 Å². The Morgan fingerprint density at radius 1 is 0.833 bits per heavy atom. The molecule has 1 aromatic rings. The summed E-state index contributed by atoms with van der Waals surface area (Å²) < 4.78 is 1.65. The van der Waals surface area contributed by atoms with E-state index in [9.17, 15) is 0 Å². The van der Waals surface area contributed by atoms with Crippen LogP contribution in [-0.2, 0) is 0 Å². The van der Waals surface area contributed by atoms with E-state index in [2.05, 4.69) is 128 Å². The first kappa shape index (κ1) is 21.0. The van der Waals surface area contributed by atoms with Crippen molar-refractivity contribution in [2.45, 2.75) is 83.3 Å². The second kappa shape index (κ2) is 6.37. The molecule has 138 valence electrons. The third kappa shape index (κ3) is 3.20. The van der Waals surface area contributed by atoms with Crippen LogP contribution in [0.3, 0.4) is 0 Å². The summed E-state index contributed by atoms with van der Waals surface area (Å²) in [6.07, 6.45) is 0. The quantitative estimate of drug-likeness (QED) is 0.373. The van der Waals surface area contributed by atoms with Crippen LogP contribution >= 0.6 is 0 Å². The van der Waals surface area contributed by atoms with Gasteiger partial charge in [-0.15, -0.1) is 0 Å². The molecule has 0 saturated carbocycles. The van der Waals surface area contributed by atoms with E-state index in [0.29, 0.717) is 15.6 Å². The molecule has 1 unspecified atom stereocenters. The van der Waals surface area contributed by atoms with Crippen molar-refractivity contribution in [1.29, 1.82) is 0 Å². The maximum absolute atomic E-state index is 2.96. The normalized spacial score (nSPS) is 19.8. The number of benzene rings is 1. The van der Waals surface area contributed by atoms with E-state index >= 15 is 0 Å². The van der Waals surface area contributed by atoms with Crippen molar-refractivity contribution < 1.29 is 35.8 Å². The molecule has 24 heavy (non-hydrogen) atoms. The summed E-state index contributed by atoms with van der Waals surface area (Å²) >= 11 is 2.96. The van der Waals surface area contributed by atoms with Crippen molar-refractivity contribution in [1.82, 2.24) is 0 Å². The van der Waals surface area contributed by atoms with Gasteiger partial charge in [0.2, 0.25) is 0 Å². The molecule has 0 amide bonds. The van der Waals surface area contributed by atoms with Gasteiger partial charge in [-0.2, -0.15) is 0 Å². The Morgan fingerprint density at radius 2 is 1.33 bits per heavy atom. The van der Waals surface area contributed by atoms with E-state index in [1.54, 1.807) is 18.0 Å². The molecule has 2 rings (SSSR count). The topological polar surface area (TPSA) is 0 Å². The first-order valence-electron chi connectivity index (χ1n) is 9.09. The number of fused-ring (bicyclic) bond motifs is 1. The summed E-state index contributed by atoms with van der Waals surface area (Å²) in [5.41, 5.74) is 3.82. The molecule has 0 saturated heterocycles. The zero-order chi connectivity index (χ0) is 18.7. The summed E-state index contributed by atoms with van der Waals surface area (Å²) in [5, 5.41) is 2.48. The molecule has 0 heterocycles. The molecule has 0 spiro atoms. The predicted molar refractivity (Wildman–Crippen MR) is 110 cm³/mol. The van der Waals surface area contributed by atoms with Gasteiger partial charge in [0.1, 0.15) is 0 Å². The molecule has 1 aliphatic rings. The molecule has 0 bridgehead atoms. The van der Waals surface area contributed by atoms with Gasteiger partial charge in [0.25, 0.3) is 0 Å². The molecule has 0 nitrogen and oxygen atoms in total. The minimum atomic E-state index is -1.58. The average Bonchev–Trinajstić information content (AvgIpc) is 2.68. The van der Waals surface area contributed by atoms with E-state index in [0.717, 1.165) is 0 Å². The molecule has 0 radical (unpaired) electrons. The molecular formula is C21H35HoSi2. The van der Waals surface area contributed by atoms with Gasteiger partial charge in [-0.25, -0.2) is 0 Å². The fourth-order valence-corrected chi connectivity index (χ4v) is 13.0. The predicted octanol–water partition coefficient (Wildman–Crippen LogP) is 7.14. The second-order valence-corrected chi connectivity index (χ2v) is 22.4. The Kier molecular flexibility index (Phi) is 5.56. The van der Waals surface area contributed by atoms with Crippen molar-refractivity contribution in [3.63, 3.8) is 0 Å². The Balaban J connectivity index is 2.78. The van der Waals surface area contributed by atoms with Crippen LogP contribution in [0.4, 0.5) is 0 Å². The molecule has 0 aromatic heterocycles. The monoisotopic (exact) mass is 508 g/mol. The van der Waals surface area contributed by atoms with E-state index in [4.69, 9.17) is 0 Å². The number of hydrogen-bond donors (Lipinski definition) is 0. The van der Waals surface area contributed by atoms with Crippen LogP contribution in [0.1, 0.15) is 58.2 Å². The summed E-state index contributed by atoms with van der Waals surface area (Å²) in [7, 11) is -3.09. The van der Waals surface area contributed by atoms with Crippen LogP contribution in [0, 0.1) is 35.8 Å². The van der Waals surface area contributed by atoms with Crippen LogP contribution in [0.5, 0.6) is 0 Å². The van der Waals surface area contributed by atoms with Crippen LogP contribution < -0.4 is 0 Å². The van der Waals surface area contributed by atoms with Crippen LogP contribution in [0.2, 0.25) is 36.3 Å². The van der Waals surface area contributed by atoms with Crippen LogP contribution in [0.25, 0.3) is 5.20 Å². The minimum absolute atomic E-state index is 0.365. The van der Waals surface area contributed by atoms with E-state index in [1.165, 1.54) is 0 Å². The van der Waals surface area contributed by atoms with Crippen molar-refractivity contribution in [3.05, 3.63) is 37.1 Å². The molecular weight excluding hydrogens is 473 g/mol. The van der Waals surface area contributed by atoms with Crippen LogP contribution in [-0.4, -0.2) is 16.1 Å². The SMILES string of the molecule is CC(C)(C)[Si](C)(C)C1=[C]([Ho])C([Si](C)(C)C(C)(C)C)c2ccccc21. The van der Waals surface area contributed by atoms with Gasteiger partial charge in [-0.3, -0.25) is 0 Å². The summed E-state index contributed by atoms with van der Waals surface area (Å²) in [5.74, 6) is 0. The van der Waals surface area contributed by atoms with Crippen molar-refractivity contribution in [3.8, 4) is 0 Å². The van der Waals surface area contributed by atoms with Gasteiger partial charge in [0.05, 0.1) is 0 Å². The molecule has 1 aromatic carbocycles. The van der Waals surface area contributed by atoms with Gasteiger partial charge in [0, 0.05) is 0 Å². The van der Waals surface area contributed by atoms with Gasteiger partial charge >= 0.3 is 178 Å². The Labute approximate surface area is 176 Å². The van der Waals surface area contributed by atoms with E-state index < -0.39 is 16.1 Å². The average molecular weight is 509 g/mol. The third-order valence-electron chi connectivity index (χ3n) is 7.15. The Hall–Kier alpha value is 0.654.